The van der Waals surface area contributed by atoms with Crippen molar-refractivity contribution in [1.29, 1.82) is 0 Å². The van der Waals surface area contributed by atoms with Crippen LogP contribution in [-0.4, -0.2) is 0 Å². The van der Waals surface area contributed by atoms with Crippen LogP contribution in [0.5, 0.6) is 0 Å². The average Bonchev–Trinajstić information content (AvgIpc) is 2.31. The van der Waals surface area contributed by atoms with Gasteiger partial charge in [-0.2, -0.15) is 0 Å². The summed E-state index contributed by atoms with van der Waals surface area (Å²) in [6.45, 7) is 2.16. The van der Waals surface area contributed by atoms with Gasteiger partial charge in [0.2, 0.25) is 5.12 Å². The highest BCUT2D eigenvalue weighted by Crippen LogP contribution is 2.40. The molecular formula is C13H14O2P+. The van der Waals surface area contributed by atoms with Gasteiger partial charge in [-0.25, -0.2) is 0 Å². The molecule has 2 unspecified atom stereocenters. The van der Waals surface area contributed by atoms with E-state index in [1.165, 1.54) is 12.0 Å². The third kappa shape index (κ3) is 1.41. The number of aryl methyl sites for hydroxylation is 1. The Morgan fingerprint density at radius 3 is 3.06 bits per heavy atom. The molecule has 0 aliphatic heterocycles. The largest absolute Gasteiger partial charge is 0.597 e. The Hall–Kier alpha value is -1.14. The van der Waals surface area contributed by atoms with Gasteiger partial charge in [-0.05, 0) is 36.0 Å². The van der Waals surface area contributed by atoms with E-state index in [4.69, 9.17) is 4.20 Å². The predicted molar refractivity (Wildman–Crippen MR) is 65.2 cm³/mol. The second-order valence-corrected chi connectivity index (χ2v) is 5.68. The molecule has 0 N–H and O–H groups in total. The van der Waals surface area contributed by atoms with E-state index in [9.17, 15) is 4.57 Å². The van der Waals surface area contributed by atoms with E-state index in [0.29, 0.717) is 5.92 Å². The van der Waals surface area contributed by atoms with Crippen molar-refractivity contribution < 1.29 is 8.76 Å². The zero-order chi connectivity index (χ0) is 11.1. The van der Waals surface area contributed by atoms with Gasteiger partial charge in [0.25, 0.3) is 0 Å². The third-order valence-corrected chi connectivity index (χ3v) is 4.56. The number of hydrogen-bond donors (Lipinski definition) is 0. The average molecular weight is 233 g/mol. The Morgan fingerprint density at radius 1 is 1.38 bits per heavy atom. The summed E-state index contributed by atoms with van der Waals surface area (Å²) in [5, 5.41) is 2.02. The Bertz CT molecular complexity index is 600. The summed E-state index contributed by atoms with van der Waals surface area (Å²) in [6.07, 6.45) is 3.40. The normalized spacial score (nSPS) is 20.8. The van der Waals surface area contributed by atoms with E-state index in [2.05, 4.69) is 13.0 Å². The molecule has 1 aromatic carbocycles. The fraction of sp³-hybridized carbons (Fsp3) is 0.385. The van der Waals surface area contributed by atoms with Crippen molar-refractivity contribution in [2.75, 3.05) is 0 Å². The lowest BCUT2D eigenvalue weighted by Crippen LogP contribution is -2.06. The molecule has 3 heteroatoms. The van der Waals surface area contributed by atoms with E-state index >= 15 is 0 Å². The van der Waals surface area contributed by atoms with E-state index < -0.39 is 7.65 Å². The van der Waals surface area contributed by atoms with E-state index in [1.54, 1.807) is 0 Å². The Morgan fingerprint density at radius 2 is 2.19 bits per heavy atom. The minimum absolute atomic E-state index is 0.413. The molecule has 0 bridgehead atoms. The van der Waals surface area contributed by atoms with Crippen LogP contribution in [-0.2, 0) is 11.0 Å². The second kappa shape index (κ2) is 3.71. The topological polar surface area (TPSA) is 30.2 Å². The van der Waals surface area contributed by atoms with Crippen LogP contribution in [0.25, 0.3) is 10.5 Å². The maximum Gasteiger partial charge on any atom is 0.597 e. The van der Waals surface area contributed by atoms with Crippen LogP contribution in [0.1, 0.15) is 37.0 Å². The molecule has 16 heavy (non-hydrogen) atoms. The summed E-state index contributed by atoms with van der Waals surface area (Å²) in [6, 6.07) is 7.92. The third-order valence-electron chi connectivity index (χ3n) is 3.42. The lowest BCUT2D eigenvalue weighted by molar-refractivity contribution is 0.454. The highest BCUT2D eigenvalue weighted by molar-refractivity contribution is 7.36. The van der Waals surface area contributed by atoms with Gasteiger partial charge in [0.15, 0.2) is 5.76 Å². The van der Waals surface area contributed by atoms with Crippen molar-refractivity contribution in [1.82, 2.24) is 0 Å². The van der Waals surface area contributed by atoms with Gasteiger partial charge in [-0.3, -0.25) is 4.20 Å². The molecule has 1 aliphatic rings. The van der Waals surface area contributed by atoms with Gasteiger partial charge in [0.05, 0.1) is 0 Å². The summed E-state index contributed by atoms with van der Waals surface area (Å²) >= 11 is 0. The molecule has 0 fully saturated rings. The number of rotatable bonds is 0. The molecule has 1 aliphatic carbocycles. The quantitative estimate of drug-likeness (QED) is 0.664. The molecule has 3 rings (SSSR count). The second-order valence-electron chi connectivity index (χ2n) is 4.50. The van der Waals surface area contributed by atoms with Crippen LogP contribution in [0.3, 0.4) is 0 Å². The van der Waals surface area contributed by atoms with Crippen molar-refractivity contribution in [3.8, 4) is 0 Å². The van der Waals surface area contributed by atoms with Crippen molar-refractivity contribution in [3.05, 3.63) is 35.6 Å². The monoisotopic (exact) mass is 233 g/mol. The first-order chi connectivity index (χ1) is 7.77. The van der Waals surface area contributed by atoms with E-state index in [-0.39, 0.29) is 0 Å². The Labute approximate surface area is 95.1 Å². The highest BCUT2D eigenvalue weighted by Gasteiger charge is 2.27. The summed E-state index contributed by atoms with van der Waals surface area (Å²) in [4.78, 5) is 0. The van der Waals surface area contributed by atoms with Crippen LogP contribution in [0.4, 0.5) is 0 Å². The van der Waals surface area contributed by atoms with Gasteiger partial charge in [0, 0.05) is 16.9 Å². The maximum atomic E-state index is 12.0. The van der Waals surface area contributed by atoms with Crippen LogP contribution in [0.2, 0.25) is 0 Å². The molecule has 1 heterocycles. The van der Waals surface area contributed by atoms with Crippen molar-refractivity contribution in [3.63, 3.8) is 0 Å². The standard InChI is InChI=1S/C13H14O2P/c1-9-5-4-7-11-10-6-2-3-8-12(10)16(14)15-13(9)11/h2-3,6,8-9H,4-5,7H2,1H3/q+1. The van der Waals surface area contributed by atoms with Crippen LogP contribution < -0.4 is 0 Å². The zero-order valence-electron chi connectivity index (χ0n) is 9.27. The van der Waals surface area contributed by atoms with Gasteiger partial charge in [0.1, 0.15) is 0 Å². The minimum atomic E-state index is -1.69. The molecule has 2 atom stereocenters. The van der Waals surface area contributed by atoms with Crippen LogP contribution in [0.15, 0.2) is 28.5 Å². The van der Waals surface area contributed by atoms with Crippen molar-refractivity contribution in [2.24, 2.45) is 0 Å². The lowest BCUT2D eigenvalue weighted by Gasteiger charge is -2.18. The summed E-state index contributed by atoms with van der Waals surface area (Å²) in [5.41, 5.74) is 1.28. The van der Waals surface area contributed by atoms with Crippen molar-refractivity contribution in [2.45, 2.75) is 32.1 Å². The molecule has 0 spiro atoms. The molecule has 2 nitrogen and oxygen atoms in total. The van der Waals surface area contributed by atoms with Gasteiger partial charge in [-0.15, -0.1) is 0 Å². The highest BCUT2D eigenvalue weighted by atomic mass is 31.1. The van der Waals surface area contributed by atoms with E-state index in [1.807, 2.05) is 18.2 Å². The molecule has 0 radical (unpaired) electrons. The van der Waals surface area contributed by atoms with Gasteiger partial charge < -0.3 is 0 Å². The first kappa shape index (κ1) is 10.0. The summed E-state index contributed by atoms with van der Waals surface area (Å²) in [7, 11) is -1.69. The Kier molecular flexibility index (Phi) is 2.33. The smallest absolute Gasteiger partial charge is 0.254 e. The molecule has 0 saturated heterocycles. The number of fused-ring (bicyclic) bond motifs is 3. The zero-order valence-corrected chi connectivity index (χ0v) is 10.2. The first-order valence-electron chi connectivity index (χ1n) is 5.75. The Balaban J connectivity index is 2.43. The SMILES string of the molecule is CC1CCCc2c1o[p+](=O)c1ccccc21. The fourth-order valence-corrected chi connectivity index (χ4v) is 3.76. The van der Waals surface area contributed by atoms with E-state index in [0.717, 1.165) is 29.1 Å². The molecule has 1 aromatic heterocycles. The van der Waals surface area contributed by atoms with Gasteiger partial charge in [-0.1, -0.05) is 19.1 Å². The van der Waals surface area contributed by atoms with Crippen molar-refractivity contribution >= 4 is 18.2 Å². The fourth-order valence-electron chi connectivity index (χ4n) is 2.58. The lowest BCUT2D eigenvalue weighted by atomic mass is 9.88. The molecule has 0 amide bonds. The number of hydrogen-bond acceptors (Lipinski definition) is 2. The molecule has 0 saturated carbocycles. The van der Waals surface area contributed by atoms with Crippen LogP contribution in [0, 0.1) is 0 Å². The first-order valence-corrected chi connectivity index (χ1v) is 6.93. The molecular weight excluding hydrogens is 219 g/mol. The predicted octanol–water partition coefficient (Wildman–Crippen LogP) is 4.62. The summed E-state index contributed by atoms with van der Waals surface area (Å²) in [5.74, 6) is 1.39. The minimum Gasteiger partial charge on any atom is -0.254 e. The maximum absolute atomic E-state index is 12.0. The summed E-state index contributed by atoms with van der Waals surface area (Å²) < 4.78 is 17.6. The van der Waals surface area contributed by atoms with Gasteiger partial charge >= 0.3 is 7.65 Å². The molecule has 82 valence electrons. The number of benzene rings is 1. The van der Waals surface area contributed by atoms with Crippen LogP contribution >= 0.6 is 7.65 Å². The molecule has 2 aromatic rings.